The van der Waals surface area contributed by atoms with Crippen molar-refractivity contribution >= 4 is 0 Å². The number of hydrogen-bond donors (Lipinski definition) is 4. The van der Waals surface area contributed by atoms with Gasteiger partial charge in [0.15, 0.2) is 0 Å². The molecule has 11 heavy (non-hydrogen) atoms. The Morgan fingerprint density at radius 1 is 1.18 bits per heavy atom. The molecule has 0 radical (unpaired) electrons. The van der Waals surface area contributed by atoms with E-state index in [0.29, 0.717) is 0 Å². The molecule has 1 fully saturated rings. The average Bonchev–Trinajstić information content (AvgIpc) is 2.01. The van der Waals surface area contributed by atoms with Gasteiger partial charge in [0.25, 0.3) is 0 Å². The lowest BCUT2D eigenvalue weighted by molar-refractivity contribution is -0.195. The lowest BCUT2D eigenvalue weighted by atomic mass is 10.0. The monoisotopic (exact) mass is 164 g/mol. The second-order valence-corrected chi connectivity index (χ2v) is 2.60. The highest BCUT2D eigenvalue weighted by Gasteiger charge is 2.36. The minimum absolute atomic E-state index is 0.0521. The molecular weight excluding hydrogens is 152 g/mol. The minimum Gasteiger partial charge on any atom is -0.394 e. The van der Waals surface area contributed by atoms with Gasteiger partial charge in [0, 0.05) is 0 Å². The van der Waals surface area contributed by atoms with Crippen molar-refractivity contribution in [3.63, 3.8) is 0 Å². The third kappa shape index (κ3) is 1.69. The molecule has 0 spiro atoms. The van der Waals surface area contributed by atoms with E-state index in [-0.39, 0.29) is 13.2 Å². The average molecular weight is 164 g/mol. The normalized spacial score (nSPS) is 45.8. The van der Waals surface area contributed by atoms with Gasteiger partial charge >= 0.3 is 0 Å². The number of rotatable bonds is 1. The fraction of sp³-hybridized carbons (Fsp3) is 1.00. The van der Waals surface area contributed by atoms with Gasteiger partial charge in [-0.3, -0.25) is 0 Å². The molecule has 5 nitrogen and oxygen atoms in total. The summed E-state index contributed by atoms with van der Waals surface area (Å²) in [6.07, 6.45) is -4.27. The van der Waals surface area contributed by atoms with Crippen LogP contribution in [0, 0.1) is 0 Å². The van der Waals surface area contributed by atoms with Crippen LogP contribution in [0.5, 0.6) is 0 Å². The van der Waals surface area contributed by atoms with Gasteiger partial charge < -0.3 is 25.2 Å². The largest absolute Gasteiger partial charge is 0.394 e. The lowest BCUT2D eigenvalue weighted by Gasteiger charge is -2.34. The zero-order valence-electron chi connectivity index (χ0n) is 5.92. The Morgan fingerprint density at radius 3 is 2.36 bits per heavy atom. The van der Waals surface area contributed by atoms with Crippen LogP contribution in [0.15, 0.2) is 0 Å². The second-order valence-electron chi connectivity index (χ2n) is 2.60. The van der Waals surface area contributed by atoms with Crippen molar-refractivity contribution in [3.05, 3.63) is 0 Å². The number of ether oxygens (including phenoxy) is 1. The van der Waals surface area contributed by atoms with Gasteiger partial charge in [-0.1, -0.05) is 0 Å². The van der Waals surface area contributed by atoms with Gasteiger partial charge in [0.2, 0.25) is 0 Å². The van der Waals surface area contributed by atoms with Gasteiger partial charge in [-0.05, 0) is 0 Å². The Morgan fingerprint density at radius 2 is 1.82 bits per heavy atom. The highest BCUT2D eigenvalue weighted by molar-refractivity contribution is 4.85. The van der Waals surface area contributed by atoms with E-state index in [1.54, 1.807) is 0 Å². The highest BCUT2D eigenvalue weighted by atomic mass is 16.5. The molecule has 0 bridgehead atoms. The van der Waals surface area contributed by atoms with E-state index in [2.05, 4.69) is 0 Å². The van der Waals surface area contributed by atoms with Crippen LogP contribution in [0.4, 0.5) is 0 Å². The quantitative estimate of drug-likeness (QED) is 0.343. The van der Waals surface area contributed by atoms with E-state index in [1.165, 1.54) is 0 Å². The SMILES string of the molecule is OC[C@H]1OC[C@@H](O)C(O)[C@H]1O. The molecule has 66 valence electrons. The third-order valence-electron chi connectivity index (χ3n) is 1.79. The summed E-state index contributed by atoms with van der Waals surface area (Å²) in [6.45, 7) is -0.408. The van der Waals surface area contributed by atoms with Crippen molar-refractivity contribution < 1.29 is 25.2 Å². The Bertz CT molecular complexity index is 126. The number of hydrogen-bond acceptors (Lipinski definition) is 5. The van der Waals surface area contributed by atoms with Crippen LogP contribution in [0.1, 0.15) is 0 Å². The van der Waals surface area contributed by atoms with Crippen LogP contribution < -0.4 is 0 Å². The number of aliphatic hydroxyl groups excluding tert-OH is 4. The first kappa shape index (κ1) is 8.89. The van der Waals surface area contributed by atoms with Crippen molar-refractivity contribution in [2.24, 2.45) is 0 Å². The molecule has 0 aromatic rings. The van der Waals surface area contributed by atoms with Crippen molar-refractivity contribution in [2.45, 2.75) is 24.4 Å². The molecule has 1 rings (SSSR count). The molecule has 1 aliphatic heterocycles. The van der Waals surface area contributed by atoms with Crippen molar-refractivity contribution in [1.82, 2.24) is 0 Å². The van der Waals surface area contributed by atoms with Crippen LogP contribution in [0.2, 0.25) is 0 Å². The van der Waals surface area contributed by atoms with E-state index in [4.69, 9.17) is 25.2 Å². The fourth-order valence-electron chi connectivity index (χ4n) is 1.03. The fourth-order valence-corrected chi connectivity index (χ4v) is 1.03. The molecule has 5 heteroatoms. The Hall–Kier alpha value is -0.200. The van der Waals surface area contributed by atoms with Gasteiger partial charge in [-0.15, -0.1) is 0 Å². The molecular formula is C6H12O5. The molecule has 0 aliphatic carbocycles. The van der Waals surface area contributed by atoms with Crippen LogP contribution >= 0.6 is 0 Å². The van der Waals surface area contributed by atoms with Crippen molar-refractivity contribution in [1.29, 1.82) is 0 Å². The predicted octanol–water partition coefficient (Wildman–Crippen LogP) is -2.54. The first-order valence-corrected chi connectivity index (χ1v) is 3.43. The predicted molar refractivity (Wildman–Crippen MR) is 34.8 cm³/mol. The van der Waals surface area contributed by atoms with E-state index >= 15 is 0 Å². The maximum absolute atomic E-state index is 9.11. The zero-order valence-corrected chi connectivity index (χ0v) is 5.92. The van der Waals surface area contributed by atoms with Crippen LogP contribution in [-0.2, 0) is 4.74 Å². The topological polar surface area (TPSA) is 90.2 Å². The van der Waals surface area contributed by atoms with Crippen LogP contribution in [-0.4, -0.2) is 58.1 Å². The Balaban J connectivity index is 2.52. The third-order valence-corrected chi connectivity index (χ3v) is 1.79. The van der Waals surface area contributed by atoms with Crippen molar-refractivity contribution in [3.8, 4) is 0 Å². The smallest absolute Gasteiger partial charge is 0.111 e. The maximum Gasteiger partial charge on any atom is 0.111 e. The van der Waals surface area contributed by atoms with Gasteiger partial charge in [-0.2, -0.15) is 0 Å². The Kier molecular flexibility index (Phi) is 2.80. The maximum atomic E-state index is 9.11. The summed E-state index contributed by atoms with van der Waals surface area (Å²) in [4.78, 5) is 0. The molecule has 0 amide bonds. The van der Waals surface area contributed by atoms with Crippen LogP contribution in [0.25, 0.3) is 0 Å². The summed E-state index contributed by atoms with van der Waals surface area (Å²) in [5.41, 5.74) is 0. The van der Waals surface area contributed by atoms with Crippen molar-refractivity contribution in [2.75, 3.05) is 13.2 Å². The molecule has 0 saturated carbocycles. The molecule has 1 heterocycles. The summed E-state index contributed by atoms with van der Waals surface area (Å²) in [7, 11) is 0. The van der Waals surface area contributed by atoms with E-state index in [1.807, 2.05) is 0 Å². The first-order chi connectivity index (χ1) is 5.16. The first-order valence-electron chi connectivity index (χ1n) is 3.43. The zero-order chi connectivity index (χ0) is 8.43. The highest BCUT2D eigenvalue weighted by Crippen LogP contribution is 2.14. The van der Waals surface area contributed by atoms with Gasteiger partial charge in [0.1, 0.15) is 24.4 Å². The van der Waals surface area contributed by atoms with Gasteiger partial charge in [0.05, 0.1) is 13.2 Å². The Labute approximate surface area is 63.8 Å². The molecule has 4 N–H and O–H groups in total. The summed E-state index contributed by atoms with van der Waals surface area (Å²) < 4.78 is 4.81. The van der Waals surface area contributed by atoms with Crippen LogP contribution in [0.3, 0.4) is 0 Å². The summed E-state index contributed by atoms with van der Waals surface area (Å²) in [5.74, 6) is 0. The summed E-state index contributed by atoms with van der Waals surface area (Å²) in [6, 6.07) is 0. The van der Waals surface area contributed by atoms with Gasteiger partial charge in [-0.25, -0.2) is 0 Å². The minimum atomic E-state index is -1.22. The molecule has 1 unspecified atom stereocenters. The molecule has 1 aliphatic rings. The molecule has 4 atom stereocenters. The van der Waals surface area contributed by atoms with E-state index in [0.717, 1.165) is 0 Å². The lowest BCUT2D eigenvalue weighted by Crippen LogP contribution is -2.53. The number of aliphatic hydroxyl groups is 4. The molecule has 1 saturated heterocycles. The van der Waals surface area contributed by atoms with E-state index < -0.39 is 24.4 Å². The second kappa shape index (κ2) is 3.46. The summed E-state index contributed by atoms with van der Waals surface area (Å²) >= 11 is 0. The standard InChI is InChI=1S/C6H12O5/c7-1-4-6(10)5(9)3(8)2-11-4/h3-10H,1-2H2/t3-,4-,5?,6+/m1/s1. The molecule has 0 aromatic carbocycles. The summed E-state index contributed by atoms with van der Waals surface area (Å²) in [5, 5.41) is 35.7. The van der Waals surface area contributed by atoms with E-state index in [9.17, 15) is 0 Å². The molecule has 0 aromatic heterocycles.